The van der Waals surface area contributed by atoms with Gasteiger partial charge in [-0.3, -0.25) is 4.98 Å². The van der Waals surface area contributed by atoms with Crippen LogP contribution in [0.3, 0.4) is 0 Å². The van der Waals surface area contributed by atoms with Crippen molar-refractivity contribution in [2.75, 3.05) is 13.2 Å². The van der Waals surface area contributed by atoms with Crippen LogP contribution in [0.25, 0.3) is 22.6 Å². The van der Waals surface area contributed by atoms with Crippen LogP contribution in [-0.4, -0.2) is 27.7 Å². The third-order valence-corrected chi connectivity index (χ3v) is 4.07. The van der Waals surface area contributed by atoms with E-state index in [0.29, 0.717) is 6.04 Å². The first-order valence-corrected chi connectivity index (χ1v) is 7.54. The molecular formula is C18H17N3O. The van der Waals surface area contributed by atoms with E-state index in [1.165, 1.54) is 0 Å². The molecule has 3 heterocycles. The fourth-order valence-corrected chi connectivity index (χ4v) is 2.90. The summed E-state index contributed by atoms with van der Waals surface area (Å²) >= 11 is 0. The minimum absolute atomic E-state index is 0.396. The molecule has 1 unspecified atom stereocenters. The average molecular weight is 291 g/mol. The summed E-state index contributed by atoms with van der Waals surface area (Å²) in [4.78, 5) is 8.91. The average Bonchev–Trinajstić information content (AvgIpc) is 3.27. The van der Waals surface area contributed by atoms with Gasteiger partial charge in [0.15, 0.2) is 0 Å². The molecule has 1 fully saturated rings. The van der Waals surface area contributed by atoms with Gasteiger partial charge >= 0.3 is 0 Å². The maximum atomic E-state index is 5.49. The van der Waals surface area contributed by atoms with Gasteiger partial charge in [-0.15, -0.1) is 0 Å². The molecule has 1 aliphatic heterocycles. The summed E-state index contributed by atoms with van der Waals surface area (Å²) in [5.74, 6) is 1.00. The summed E-state index contributed by atoms with van der Waals surface area (Å²) in [5.41, 5.74) is 3.23. The number of imidazole rings is 1. The predicted molar refractivity (Wildman–Crippen MR) is 85.4 cm³/mol. The fraction of sp³-hybridized carbons (Fsp3) is 0.222. The van der Waals surface area contributed by atoms with Crippen LogP contribution in [0.1, 0.15) is 12.5 Å². The van der Waals surface area contributed by atoms with Gasteiger partial charge in [-0.1, -0.05) is 30.3 Å². The molecule has 22 heavy (non-hydrogen) atoms. The molecule has 0 bridgehead atoms. The second-order valence-corrected chi connectivity index (χ2v) is 5.47. The zero-order valence-electron chi connectivity index (χ0n) is 12.2. The zero-order chi connectivity index (χ0) is 14.8. The molecule has 4 nitrogen and oxygen atoms in total. The number of benzene rings is 1. The van der Waals surface area contributed by atoms with Crippen molar-refractivity contribution in [2.45, 2.75) is 12.5 Å². The largest absolute Gasteiger partial charge is 0.379 e. The summed E-state index contributed by atoms with van der Waals surface area (Å²) in [7, 11) is 0. The molecule has 2 aromatic heterocycles. The van der Waals surface area contributed by atoms with Gasteiger partial charge in [0.1, 0.15) is 5.82 Å². The van der Waals surface area contributed by atoms with Gasteiger partial charge in [-0.2, -0.15) is 0 Å². The standard InChI is InChI=1S/C18H17N3O/c1-2-9-19-17(3-1)14-4-6-15(7-5-14)18-20-10-11-21(18)16-8-12-22-13-16/h1-7,9-11,16H,8,12-13H2. The quantitative estimate of drug-likeness (QED) is 0.740. The number of hydrogen-bond acceptors (Lipinski definition) is 3. The number of aromatic nitrogens is 3. The Hall–Kier alpha value is -2.46. The minimum atomic E-state index is 0.396. The van der Waals surface area contributed by atoms with E-state index in [1.807, 2.05) is 36.8 Å². The van der Waals surface area contributed by atoms with Crippen molar-refractivity contribution < 1.29 is 4.74 Å². The van der Waals surface area contributed by atoms with E-state index in [-0.39, 0.29) is 0 Å². The lowest BCUT2D eigenvalue weighted by molar-refractivity contribution is 0.187. The maximum Gasteiger partial charge on any atom is 0.140 e. The lowest BCUT2D eigenvalue weighted by atomic mass is 10.1. The maximum absolute atomic E-state index is 5.49. The lowest BCUT2D eigenvalue weighted by Crippen LogP contribution is -2.09. The van der Waals surface area contributed by atoms with Crippen LogP contribution in [0, 0.1) is 0 Å². The molecule has 1 saturated heterocycles. The molecule has 1 aromatic carbocycles. The first kappa shape index (κ1) is 13.2. The van der Waals surface area contributed by atoms with Crippen LogP contribution in [0.15, 0.2) is 61.1 Å². The second kappa shape index (κ2) is 5.73. The van der Waals surface area contributed by atoms with Crippen molar-refractivity contribution in [1.29, 1.82) is 0 Å². The molecule has 0 amide bonds. The highest BCUT2D eigenvalue weighted by molar-refractivity contribution is 5.65. The van der Waals surface area contributed by atoms with Crippen molar-refractivity contribution in [3.8, 4) is 22.6 Å². The van der Waals surface area contributed by atoms with Crippen LogP contribution < -0.4 is 0 Å². The topological polar surface area (TPSA) is 39.9 Å². The second-order valence-electron chi connectivity index (χ2n) is 5.47. The van der Waals surface area contributed by atoms with Crippen LogP contribution in [0.2, 0.25) is 0 Å². The molecule has 0 radical (unpaired) electrons. The first-order valence-electron chi connectivity index (χ1n) is 7.54. The summed E-state index contributed by atoms with van der Waals surface area (Å²) in [5, 5.41) is 0. The molecule has 110 valence electrons. The van der Waals surface area contributed by atoms with Gasteiger partial charge in [0, 0.05) is 36.3 Å². The third kappa shape index (κ3) is 2.42. The van der Waals surface area contributed by atoms with Crippen molar-refractivity contribution in [2.24, 2.45) is 0 Å². The number of ether oxygens (including phenoxy) is 1. The molecule has 1 atom stereocenters. The smallest absolute Gasteiger partial charge is 0.140 e. The van der Waals surface area contributed by atoms with Gasteiger partial charge < -0.3 is 9.30 Å². The van der Waals surface area contributed by atoms with E-state index in [4.69, 9.17) is 4.74 Å². The van der Waals surface area contributed by atoms with Crippen molar-refractivity contribution in [1.82, 2.24) is 14.5 Å². The molecule has 0 aliphatic carbocycles. The molecule has 4 rings (SSSR count). The zero-order valence-corrected chi connectivity index (χ0v) is 12.2. The third-order valence-electron chi connectivity index (χ3n) is 4.07. The van der Waals surface area contributed by atoms with Crippen molar-refractivity contribution in [3.05, 3.63) is 61.1 Å². The van der Waals surface area contributed by atoms with Gasteiger partial charge in [0.2, 0.25) is 0 Å². The summed E-state index contributed by atoms with van der Waals surface area (Å²) in [6.45, 7) is 1.61. The summed E-state index contributed by atoms with van der Waals surface area (Å²) in [6, 6.07) is 14.8. The van der Waals surface area contributed by atoms with Gasteiger partial charge in [0.05, 0.1) is 18.3 Å². The Balaban J connectivity index is 1.65. The number of rotatable bonds is 3. The summed E-state index contributed by atoms with van der Waals surface area (Å²) in [6.07, 6.45) is 6.77. The Labute approximate surface area is 129 Å². The minimum Gasteiger partial charge on any atom is -0.379 e. The Morgan fingerprint density at radius 3 is 2.55 bits per heavy atom. The first-order chi connectivity index (χ1) is 10.9. The molecule has 1 aliphatic rings. The highest BCUT2D eigenvalue weighted by Crippen LogP contribution is 2.27. The number of hydrogen-bond donors (Lipinski definition) is 0. The Morgan fingerprint density at radius 1 is 0.955 bits per heavy atom. The Kier molecular flexibility index (Phi) is 3.45. The van der Waals surface area contributed by atoms with Gasteiger partial charge in [-0.05, 0) is 18.6 Å². The predicted octanol–water partition coefficient (Wildman–Crippen LogP) is 3.57. The van der Waals surface area contributed by atoms with Crippen LogP contribution in [0.4, 0.5) is 0 Å². The molecule has 0 saturated carbocycles. The molecule has 0 N–H and O–H groups in total. The van der Waals surface area contributed by atoms with Crippen LogP contribution >= 0.6 is 0 Å². The molecular weight excluding hydrogens is 274 g/mol. The number of pyridine rings is 1. The monoisotopic (exact) mass is 291 g/mol. The van der Waals surface area contributed by atoms with E-state index in [0.717, 1.165) is 42.3 Å². The van der Waals surface area contributed by atoms with Crippen molar-refractivity contribution in [3.63, 3.8) is 0 Å². The van der Waals surface area contributed by atoms with E-state index >= 15 is 0 Å². The van der Waals surface area contributed by atoms with Gasteiger partial charge in [-0.25, -0.2) is 4.98 Å². The number of nitrogens with zero attached hydrogens (tertiary/aromatic N) is 3. The van der Waals surface area contributed by atoms with Crippen LogP contribution in [0.5, 0.6) is 0 Å². The van der Waals surface area contributed by atoms with E-state index in [9.17, 15) is 0 Å². The van der Waals surface area contributed by atoms with E-state index in [1.54, 1.807) is 0 Å². The van der Waals surface area contributed by atoms with Crippen LogP contribution in [-0.2, 0) is 4.74 Å². The SMILES string of the molecule is c1ccc(-c2ccc(-c3nccn3C3CCOC3)cc2)nc1. The van der Waals surface area contributed by atoms with Gasteiger partial charge in [0.25, 0.3) is 0 Å². The molecule has 3 aromatic rings. The molecule has 4 heteroatoms. The summed E-state index contributed by atoms with van der Waals surface area (Å²) < 4.78 is 7.72. The lowest BCUT2D eigenvalue weighted by Gasteiger charge is -2.13. The van der Waals surface area contributed by atoms with E-state index in [2.05, 4.69) is 38.8 Å². The highest BCUT2D eigenvalue weighted by atomic mass is 16.5. The normalized spacial score (nSPS) is 17.7. The van der Waals surface area contributed by atoms with Crippen molar-refractivity contribution >= 4 is 0 Å². The molecule has 0 spiro atoms. The Morgan fingerprint density at radius 2 is 1.82 bits per heavy atom. The van der Waals surface area contributed by atoms with E-state index < -0.39 is 0 Å². The fourth-order valence-electron chi connectivity index (χ4n) is 2.90. The highest BCUT2D eigenvalue weighted by Gasteiger charge is 2.20. The Bertz CT molecular complexity index is 744.